The van der Waals surface area contributed by atoms with E-state index in [1.165, 1.54) is 11.3 Å². The molecule has 3 N–H and O–H groups in total. The van der Waals surface area contributed by atoms with Gasteiger partial charge in [0.1, 0.15) is 16.5 Å². The standard InChI is InChI=1S/C25H21N3O5S/c1-13-9-10-19(33-13)18-11-16(14-5-2-3-7-17(14)27-18)25(31)32-12-21(29)28-24-22(23(26)30)15-6-4-8-20(15)34-24/h2-3,5,7,9-11H,4,6,8,12H2,1H3,(H2,26,30)(H,28,29). The molecule has 1 aliphatic carbocycles. The number of nitrogens with zero attached hydrogens (tertiary/aromatic N) is 1. The van der Waals surface area contributed by atoms with E-state index in [0.29, 0.717) is 32.9 Å². The fourth-order valence-corrected chi connectivity index (χ4v) is 5.48. The van der Waals surface area contributed by atoms with E-state index in [9.17, 15) is 14.4 Å². The monoisotopic (exact) mass is 475 g/mol. The van der Waals surface area contributed by atoms with Crippen LogP contribution in [-0.2, 0) is 22.4 Å². The number of nitrogens with two attached hydrogens (primary N) is 1. The van der Waals surface area contributed by atoms with Gasteiger partial charge in [-0.05, 0) is 56.0 Å². The van der Waals surface area contributed by atoms with E-state index in [1.54, 1.807) is 30.3 Å². The molecule has 3 heterocycles. The number of fused-ring (bicyclic) bond motifs is 2. The van der Waals surface area contributed by atoms with Gasteiger partial charge in [0.2, 0.25) is 0 Å². The number of hydrogen-bond acceptors (Lipinski definition) is 7. The molecule has 0 radical (unpaired) electrons. The molecule has 34 heavy (non-hydrogen) atoms. The highest BCUT2D eigenvalue weighted by Crippen LogP contribution is 2.38. The van der Waals surface area contributed by atoms with Crippen molar-refractivity contribution in [2.75, 3.05) is 11.9 Å². The number of thiophene rings is 1. The molecule has 9 heteroatoms. The van der Waals surface area contributed by atoms with Crippen molar-refractivity contribution < 1.29 is 23.5 Å². The van der Waals surface area contributed by atoms with E-state index in [1.807, 2.05) is 19.1 Å². The van der Waals surface area contributed by atoms with Gasteiger partial charge in [0, 0.05) is 10.3 Å². The molecule has 0 saturated carbocycles. The number of anilines is 1. The Hall–Kier alpha value is -3.98. The van der Waals surface area contributed by atoms with Gasteiger partial charge < -0.3 is 20.2 Å². The van der Waals surface area contributed by atoms with Crippen LogP contribution in [-0.4, -0.2) is 29.4 Å². The lowest BCUT2D eigenvalue weighted by Gasteiger charge is -2.10. The Labute approximate surface area is 198 Å². The van der Waals surface area contributed by atoms with E-state index in [0.717, 1.165) is 35.5 Å². The summed E-state index contributed by atoms with van der Waals surface area (Å²) < 4.78 is 11.0. The Morgan fingerprint density at radius 1 is 1.18 bits per heavy atom. The van der Waals surface area contributed by atoms with Gasteiger partial charge in [-0.25, -0.2) is 9.78 Å². The zero-order valence-electron chi connectivity index (χ0n) is 18.3. The summed E-state index contributed by atoms with van der Waals surface area (Å²) in [7, 11) is 0. The van der Waals surface area contributed by atoms with E-state index in [-0.39, 0.29) is 5.56 Å². The van der Waals surface area contributed by atoms with Crippen LogP contribution in [0.4, 0.5) is 5.00 Å². The Kier molecular flexibility index (Phi) is 5.62. The number of ether oxygens (including phenoxy) is 1. The summed E-state index contributed by atoms with van der Waals surface area (Å²) in [6.07, 6.45) is 2.59. The van der Waals surface area contributed by atoms with Gasteiger partial charge in [-0.2, -0.15) is 0 Å². The van der Waals surface area contributed by atoms with E-state index in [4.69, 9.17) is 14.9 Å². The molecule has 8 nitrogen and oxygen atoms in total. The maximum absolute atomic E-state index is 13.0. The maximum Gasteiger partial charge on any atom is 0.339 e. The minimum atomic E-state index is -0.665. The van der Waals surface area contributed by atoms with E-state index >= 15 is 0 Å². The van der Waals surface area contributed by atoms with E-state index in [2.05, 4.69) is 10.3 Å². The number of amides is 2. The molecule has 3 aromatic heterocycles. The summed E-state index contributed by atoms with van der Waals surface area (Å²) in [4.78, 5) is 43.1. The molecule has 0 fully saturated rings. The lowest BCUT2D eigenvalue weighted by atomic mass is 10.1. The molecule has 0 spiro atoms. The second-order valence-electron chi connectivity index (χ2n) is 8.03. The van der Waals surface area contributed by atoms with Crippen molar-refractivity contribution in [1.82, 2.24) is 4.98 Å². The number of aromatic nitrogens is 1. The number of pyridine rings is 1. The summed E-state index contributed by atoms with van der Waals surface area (Å²) in [5, 5.41) is 3.69. The first-order valence-corrected chi connectivity index (χ1v) is 11.6. The average Bonchev–Trinajstić information content (AvgIpc) is 3.52. The third kappa shape index (κ3) is 4.06. The fraction of sp³-hybridized carbons (Fsp3) is 0.200. The highest BCUT2D eigenvalue weighted by Gasteiger charge is 2.26. The largest absolute Gasteiger partial charge is 0.460 e. The van der Waals surface area contributed by atoms with Gasteiger partial charge in [-0.3, -0.25) is 9.59 Å². The molecule has 1 aromatic carbocycles. The van der Waals surface area contributed by atoms with Gasteiger partial charge in [-0.15, -0.1) is 11.3 Å². The van der Waals surface area contributed by atoms with Gasteiger partial charge in [0.15, 0.2) is 12.4 Å². The number of nitrogens with one attached hydrogen (secondary N) is 1. The van der Waals surface area contributed by atoms with Crippen LogP contribution in [0.15, 0.2) is 46.9 Å². The van der Waals surface area contributed by atoms with Crippen LogP contribution >= 0.6 is 11.3 Å². The number of rotatable bonds is 6. The molecule has 1 aliphatic rings. The molecule has 5 rings (SSSR count). The van der Waals surface area contributed by atoms with Crippen molar-refractivity contribution >= 4 is 45.0 Å². The smallest absolute Gasteiger partial charge is 0.339 e. The van der Waals surface area contributed by atoms with Crippen LogP contribution in [0, 0.1) is 6.92 Å². The minimum absolute atomic E-state index is 0.273. The van der Waals surface area contributed by atoms with Crippen molar-refractivity contribution in [3.8, 4) is 11.5 Å². The normalized spacial score (nSPS) is 12.5. The second kappa shape index (κ2) is 8.75. The van der Waals surface area contributed by atoms with Crippen LogP contribution in [0.2, 0.25) is 0 Å². The van der Waals surface area contributed by atoms with Gasteiger partial charge in [0.25, 0.3) is 11.8 Å². The summed E-state index contributed by atoms with van der Waals surface area (Å²) in [6, 6.07) is 12.4. The van der Waals surface area contributed by atoms with Gasteiger partial charge >= 0.3 is 5.97 Å². The zero-order valence-corrected chi connectivity index (χ0v) is 19.2. The predicted molar refractivity (Wildman–Crippen MR) is 128 cm³/mol. The molecule has 4 aromatic rings. The molecule has 2 amide bonds. The third-order valence-electron chi connectivity index (χ3n) is 5.68. The lowest BCUT2D eigenvalue weighted by Crippen LogP contribution is -2.23. The fourth-order valence-electron chi connectivity index (χ4n) is 4.17. The van der Waals surface area contributed by atoms with Crippen LogP contribution in [0.5, 0.6) is 0 Å². The molecule has 0 saturated heterocycles. The topological polar surface area (TPSA) is 125 Å². The number of para-hydroxylation sites is 1. The van der Waals surface area contributed by atoms with Crippen molar-refractivity contribution in [2.45, 2.75) is 26.2 Å². The van der Waals surface area contributed by atoms with Gasteiger partial charge in [-0.1, -0.05) is 18.2 Å². The Balaban J connectivity index is 1.35. The van der Waals surface area contributed by atoms with Crippen molar-refractivity contribution in [2.24, 2.45) is 5.73 Å². The average molecular weight is 476 g/mol. The molecule has 0 unspecified atom stereocenters. The first kappa shape index (κ1) is 21.8. The Morgan fingerprint density at radius 2 is 2.00 bits per heavy atom. The Bertz CT molecular complexity index is 1450. The molecule has 0 atom stereocenters. The van der Waals surface area contributed by atoms with Crippen LogP contribution in [0.3, 0.4) is 0 Å². The molecule has 0 aliphatic heterocycles. The molecular weight excluding hydrogens is 454 g/mol. The summed E-state index contributed by atoms with van der Waals surface area (Å²) in [5.41, 5.74) is 8.17. The number of benzene rings is 1. The van der Waals surface area contributed by atoms with E-state index < -0.39 is 24.4 Å². The minimum Gasteiger partial charge on any atom is -0.460 e. The van der Waals surface area contributed by atoms with Crippen molar-refractivity contribution in [3.05, 3.63) is 69.8 Å². The number of aryl methyl sites for hydroxylation is 2. The quantitative estimate of drug-likeness (QED) is 0.402. The second-order valence-corrected chi connectivity index (χ2v) is 9.14. The number of carbonyl (C=O) groups excluding carboxylic acids is 3. The number of furan rings is 1. The number of esters is 1. The lowest BCUT2D eigenvalue weighted by molar-refractivity contribution is -0.119. The molecule has 0 bridgehead atoms. The summed E-state index contributed by atoms with van der Waals surface area (Å²) >= 11 is 1.35. The first-order valence-electron chi connectivity index (χ1n) is 10.8. The third-order valence-corrected chi connectivity index (χ3v) is 6.89. The van der Waals surface area contributed by atoms with Gasteiger partial charge in [0.05, 0.1) is 16.6 Å². The summed E-state index contributed by atoms with van der Waals surface area (Å²) in [5.74, 6) is -0.533. The highest BCUT2D eigenvalue weighted by atomic mass is 32.1. The maximum atomic E-state index is 13.0. The van der Waals surface area contributed by atoms with Crippen molar-refractivity contribution in [3.63, 3.8) is 0 Å². The molecular formula is C25H21N3O5S. The number of carbonyl (C=O) groups is 3. The number of primary amides is 1. The summed E-state index contributed by atoms with van der Waals surface area (Å²) in [6.45, 7) is 1.32. The first-order chi connectivity index (χ1) is 16.4. The number of hydrogen-bond donors (Lipinski definition) is 2. The molecule has 172 valence electrons. The predicted octanol–water partition coefficient (Wildman–Crippen LogP) is 4.25. The Morgan fingerprint density at radius 3 is 2.76 bits per heavy atom. The van der Waals surface area contributed by atoms with Crippen LogP contribution < -0.4 is 11.1 Å². The SMILES string of the molecule is Cc1ccc(-c2cc(C(=O)OCC(=O)Nc3sc4c(c3C(N)=O)CCC4)c3ccccc3n2)o1. The zero-order chi connectivity index (χ0) is 23.8. The highest BCUT2D eigenvalue weighted by molar-refractivity contribution is 7.17. The van der Waals surface area contributed by atoms with Crippen LogP contribution in [0.25, 0.3) is 22.4 Å². The van der Waals surface area contributed by atoms with Crippen LogP contribution in [0.1, 0.15) is 43.3 Å². The van der Waals surface area contributed by atoms with Crippen molar-refractivity contribution in [1.29, 1.82) is 0 Å².